The number of rotatable bonds is 4. The number of benzene rings is 2. The molecule has 2 aromatic carbocycles. The van der Waals surface area contributed by atoms with Gasteiger partial charge in [-0.2, -0.15) is 13.2 Å². The zero-order valence-corrected chi connectivity index (χ0v) is 14.9. The van der Waals surface area contributed by atoms with Gasteiger partial charge in [0.05, 0.1) is 16.8 Å². The van der Waals surface area contributed by atoms with Gasteiger partial charge in [0, 0.05) is 17.3 Å². The first-order chi connectivity index (χ1) is 13.9. The van der Waals surface area contributed by atoms with Gasteiger partial charge in [-0.25, -0.2) is 9.97 Å². The van der Waals surface area contributed by atoms with Gasteiger partial charge in [0.1, 0.15) is 12.0 Å². The second-order valence-corrected chi connectivity index (χ2v) is 6.19. The molecule has 0 aliphatic heterocycles. The van der Waals surface area contributed by atoms with Crippen molar-refractivity contribution in [2.75, 3.05) is 16.4 Å². The van der Waals surface area contributed by atoms with Crippen LogP contribution in [0.3, 0.4) is 0 Å². The third-order valence-corrected chi connectivity index (χ3v) is 4.24. The Morgan fingerprint density at radius 1 is 0.793 bits per heavy atom. The van der Waals surface area contributed by atoms with Crippen LogP contribution in [-0.4, -0.2) is 15.0 Å². The molecule has 146 valence electrons. The van der Waals surface area contributed by atoms with Crippen molar-refractivity contribution in [3.63, 3.8) is 0 Å². The van der Waals surface area contributed by atoms with Crippen LogP contribution in [0.2, 0.25) is 0 Å². The number of halogens is 3. The van der Waals surface area contributed by atoms with Gasteiger partial charge in [0.25, 0.3) is 0 Å². The zero-order chi connectivity index (χ0) is 20.4. The number of nitrogen functional groups attached to an aromatic ring is 1. The Balaban J connectivity index is 1.60. The standard InChI is InChI=1S/C20H15F3N6/c21-20(22,23)13-6-8-14(9-7-13)28-18-16(24)19(27-11-26-18)29-15-5-1-3-12-4-2-10-25-17(12)15/h1-11H,24H2,(H2,26,27,28,29). The molecule has 0 aliphatic rings. The lowest BCUT2D eigenvalue weighted by molar-refractivity contribution is -0.137. The molecule has 0 atom stereocenters. The van der Waals surface area contributed by atoms with Crippen molar-refractivity contribution >= 4 is 39.6 Å². The van der Waals surface area contributed by atoms with Crippen molar-refractivity contribution in [3.8, 4) is 0 Å². The molecule has 0 saturated carbocycles. The maximum Gasteiger partial charge on any atom is 0.416 e. The Kier molecular flexibility index (Phi) is 4.63. The zero-order valence-electron chi connectivity index (χ0n) is 14.9. The number of alkyl halides is 3. The van der Waals surface area contributed by atoms with E-state index in [1.807, 2.05) is 30.3 Å². The summed E-state index contributed by atoms with van der Waals surface area (Å²) < 4.78 is 38.1. The minimum Gasteiger partial charge on any atom is -0.393 e. The summed E-state index contributed by atoms with van der Waals surface area (Å²) in [5.41, 5.74) is 7.55. The van der Waals surface area contributed by atoms with E-state index in [1.54, 1.807) is 6.20 Å². The number of hydrogen-bond donors (Lipinski definition) is 3. The van der Waals surface area contributed by atoms with Crippen molar-refractivity contribution in [2.45, 2.75) is 6.18 Å². The van der Waals surface area contributed by atoms with E-state index in [2.05, 4.69) is 25.6 Å². The Morgan fingerprint density at radius 3 is 2.21 bits per heavy atom. The highest BCUT2D eigenvalue weighted by atomic mass is 19.4. The highest BCUT2D eigenvalue weighted by molar-refractivity contribution is 5.93. The molecule has 0 bridgehead atoms. The molecule has 4 rings (SSSR count). The molecule has 0 saturated heterocycles. The Labute approximate surface area is 163 Å². The summed E-state index contributed by atoms with van der Waals surface area (Å²) in [4.78, 5) is 12.6. The van der Waals surface area contributed by atoms with Gasteiger partial charge in [-0.15, -0.1) is 0 Å². The lowest BCUT2D eigenvalue weighted by atomic mass is 10.2. The summed E-state index contributed by atoms with van der Waals surface area (Å²) in [7, 11) is 0. The first-order valence-electron chi connectivity index (χ1n) is 8.57. The van der Waals surface area contributed by atoms with Crippen LogP contribution in [0.15, 0.2) is 67.1 Å². The fourth-order valence-corrected chi connectivity index (χ4v) is 2.81. The van der Waals surface area contributed by atoms with Gasteiger partial charge in [0.15, 0.2) is 11.6 Å². The van der Waals surface area contributed by atoms with Gasteiger partial charge in [-0.05, 0) is 36.4 Å². The van der Waals surface area contributed by atoms with Crippen LogP contribution in [0.4, 0.5) is 41.9 Å². The number of anilines is 5. The Morgan fingerprint density at radius 2 is 1.48 bits per heavy atom. The van der Waals surface area contributed by atoms with E-state index in [9.17, 15) is 13.2 Å². The second kappa shape index (κ2) is 7.27. The monoisotopic (exact) mass is 396 g/mol. The topological polar surface area (TPSA) is 88.8 Å². The van der Waals surface area contributed by atoms with Crippen LogP contribution in [-0.2, 0) is 6.18 Å². The van der Waals surface area contributed by atoms with Crippen LogP contribution in [0.1, 0.15) is 5.56 Å². The van der Waals surface area contributed by atoms with E-state index in [0.29, 0.717) is 17.2 Å². The van der Waals surface area contributed by atoms with Crippen molar-refractivity contribution in [1.82, 2.24) is 15.0 Å². The van der Waals surface area contributed by atoms with Gasteiger partial charge in [-0.1, -0.05) is 18.2 Å². The highest BCUT2D eigenvalue weighted by Gasteiger charge is 2.29. The molecule has 2 aromatic heterocycles. The average Bonchev–Trinajstić information content (AvgIpc) is 2.71. The molecule has 0 aliphatic carbocycles. The third kappa shape index (κ3) is 3.88. The molecule has 29 heavy (non-hydrogen) atoms. The molecule has 4 aromatic rings. The molecule has 0 radical (unpaired) electrons. The SMILES string of the molecule is Nc1c(Nc2ccc(C(F)(F)F)cc2)ncnc1Nc1cccc2cccnc12. The van der Waals surface area contributed by atoms with Crippen LogP contribution >= 0.6 is 0 Å². The van der Waals surface area contributed by atoms with Crippen molar-refractivity contribution in [3.05, 3.63) is 72.7 Å². The number of fused-ring (bicyclic) bond motifs is 1. The van der Waals surface area contributed by atoms with Crippen LogP contribution in [0.5, 0.6) is 0 Å². The van der Waals surface area contributed by atoms with E-state index in [0.717, 1.165) is 23.0 Å². The van der Waals surface area contributed by atoms with E-state index < -0.39 is 11.7 Å². The van der Waals surface area contributed by atoms with Gasteiger partial charge in [-0.3, -0.25) is 4.98 Å². The third-order valence-electron chi connectivity index (χ3n) is 4.24. The quantitative estimate of drug-likeness (QED) is 0.444. The molecule has 9 heteroatoms. The maximum atomic E-state index is 12.7. The van der Waals surface area contributed by atoms with Crippen LogP contribution in [0, 0.1) is 0 Å². The minimum absolute atomic E-state index is 0.223. The average molecular weight is 396 g/mol. The molecule has 2 heterocycles. The summed E-state index contributed by atoms with van der Waals surface area (Å²) in [6.07, 6.45) is -1.39. The summed E-state index contributed by atoms with van der Waals surface area (Å²) in [5, 5.41) is 7.01. The van der Waals surface area contributed by atoms with E-state index >= 15 is 0 Å². The normalized spacial score (nSPS) is 11.4. The smallest absolute Gasteiger partial charge is 0.393 e. The van der Waals surface area contributed by atoms with Crippen LogP contribution in [0.25, 0.3) is 10.9 Å². The lowest BCUT2D eigenvalue weighted by Gasteiger charge is -2.14. The number of nitrogens with zero attached hydrogens (tertiary/aromatic N) is 3. The fraction of sp³-hybridized carbons (Fsp3) is 0.0500. The molecule has 0 unspecified atom stereocenters. The van der Waals surface area contributed by atoms with E-state index in [4.69, 9.17) is 5.73 Å². The molecular formula is C20H15F3N6. The molecule has 0 amide bonds. The highest BCUT2D eigenvalue weighted by Crippen LogP contribution is 2.32. The number of nitrogens with two attached hydrogens (primary N) is 1. The Hall–Kier alpha value is -3.88. The summed E-state index contributed by atoms with van der Waals surface area (Å²) in [6.45, 7) is 0. The van der Waals surface area contributed by atoms with E-state index in [-0.39, 0.29) is 11.5 Å². The number of pyridine rings is 1. The molecular weight excluding hydrogens is 381 g/mol. The maximum absolute atomic E-state index is 12.7. The largest absolute Gasteiger partial charge is 0.416 e. The van der Waals surface area contributed by atoms with E-state index in [1.165, 1.54) is 18.5 Å². The van der Waals surface area contributed by atoms with Crippen molar-refractivity contribution < 1.29 is 13.2 Å². The molecule has 0 spiro atoms. The van der Waals surface area contributed by atoms with Crippen molar-refractivity contribution in [1.29, 1.82) is 0 Å². The summed E-state index contributed by atoms with van der Waals surface area (Å²) in [5.74, 6) is 0.628. The predicted molar refractivity (Wildman–Crippen MR) is 106 cm³/mol. The second-order valence-electron chi connectivity index (χ2n) is 6.19. The van der Waals surface area contributed by atoms with Gasteiger partial charge >= 0.3 is 6.18 Å². The fourth-order valence-electron chi connectivity index (χ4n) is 2.81. The molecule has 4 N–H and O–H groups in total. The summed E-state index contributed by atoms with van der Waals surface area (Å²) in [6, 6.07) is 14.0. The first-order valence-corrected chi connectivity index (χ1v) is 8.57. The van der Waals surface area contributed by atoms with Crippen molar-refractivity contribution in [2.24, 2.45) is 0 Å². The molecule has 0 fully saturated rings. The summed E-state index contributed by atoms with van der Waals surface area (Å²) >= 11 is 0. The Bertz CT molecular complexity index is 1150. The lowest BCUT2D eigenvalue weighted by Crippen LogP contribution is -2.06. The minimum atomic E-state index is -4.39. The predicted octanol–water partition coefficient (Wildman–Crippen LogP) is 5.11. The number of para-hydroxylation sites is 1. The number of aromatic nitrogens is 3. The van der Waals surface area contributed by atoms with Gasteiger partial charge in [0.2, 0.25) is 0 Å². The first kappa shape index (κ1) is 18.5. The van der Waals surface area contributed by atoms with Crippen LogP contribution < -0.4 is 16.4 Å². The molecule has 6 nitrogen and oxygen atoms in total. The van der Waals surface area contributed by atoms with Gasteiger partial charge < -0.3 is 16.4 Å². The number of hydrogen-bond acceptors (Lipinski definition) is 6. The number of nitrogens with one attached hydrogen (secondary N) is 2.